The summed E-state index contributed by atoms with van der Waals surface area (Å²) in [6, 6.07) is 7.01. The minimum atomic E-state index is -0.438. The molecule has 0 spiro atoms. The van der Waals surface area contributed by atoms with E-state index in [9.17, 15) is 4.79 Å². The molecular formula is C10H13NO2. The molecule has 1 rings (SSSR count). The molecule has 1 amide bonds. The molecule has 3 N–H and O–H groups in total. The Morgan fingerprint density at radius 3 is 2.85 bits per heavy atom. The number of carbonyl (C=O) groups excluding carboxylic acids is 1. The number of rotatable bonds is 3. The molecule has 0 radical (unpaired) electrons. The minimum Gasteiger partial charge on any atom is -0.396 e. The van der Waals surface area contributed by atoms with Gasteiger partial charge in [-0.1, -0.05) is 19.1 Å². The quantitative estimate of drug-likeness (QED) is 0.723. The van der Waals surface area contributed by atoms with Gasteiger partial charge in [-0.05, 0) is 17.7 Å². The van der Waals surface area contributed by atoms with Crippen LogP contribution < -0.4 is 5.73 Å². The van der Waals surface area contributed by atoms with E-state index in [2.05, 4.69) is 0 Å². The summed E-state index contributed by atoms with van der Waals surface area (Å²) in [6.07, 6.45) is 0. The molecule has 13 heavy (non-hydrogen) atoms. The first kappa shape index (κ1) is 9.74. The summed E-state index contributed by atoms with van der Waals surface area (Å²) >= 11 is 0. The average Bonchev–Trinajstić information content (AvgIpc) is 2.17. The number of hydrogen-bond donors (Lipinski definition) is 2. The van der Waals surface area contributed by atoms with Crippen molar-refractivity contribution in [3.8, 4) is 0 Å². The molecule has 0 saturated carbocycles. The molecule has 0 aromatic heterocycles. The zero-order valence-corrected chi connectivity index (χ0v) is 7.53. The van der Waals surface area contributed by atoms with Crippen molar-refractivity contribution in [1.29, 1.82) is 0 Å². The van der Waals surface area contributed by atoms with Crippen LogP contribution >= 0.6 is 0 Å². The van der Waals surface area contributed by atoms with Crippen LogP contribution in [-0.2, 0) is 0 Å². The van der Waals surface area contributed by atoms with Crippen molar-refractivity contribution in [3.63, 3.8) is 0 Å². The summed E-state index contributed by atoms with van der Waals surface area (Å²) in [6.45, 7) is 1.96. The third kappa shape index (κ3) is 2.29. The van der Waals surface area contributed by atoms with Crippen molar-refractivity contribution in [2.24, 2.45) is 5.73 Å². The summed E-state index contributed by atoms with van der Waals surface area (Å²) in [4.78, 5) is 10.8. The Morgan fingerprint density at radius 2 is 2.31 bits per heavy atom. The summed E-state index contributed by atoms with van der Waals surface area (Å²) in [7, 11) is 0. The SMILES string of the molecule is C[C@@H](CO)c1cccc(C(N)=O)c1. The maximum Gasteiger partial charge on any atom is 0.248 e. The monoisotopic (exact) mass is 179 g/mol. The molecule has 1 aromatic carbocycles. The normalized spacial score (nSPS) is 12.5. The lowest BCUT2D eigenvalue weighted by molar-refractivity contribution is 0.1000. The van der Waals surface area contributed by atoms with Gasteiger partial charge in [-0.25, -0.2) is 0 Å². The highest BCUT2D eigenvalue weighted by molar-refractivity contribution is 5.92. The van der Waals surface area contributed by atoms with Gasteiger partial charge in [-0.15, -0.1) is 0 Å². The predicted molar refractivity (Wildman–Crippen MR) is 50.5 cm³/mol. The van der Waals surface area contributed by atoms with Crippen LogP contribution in [0.4, 0.5) is 0 Å². The first-order valence-corrected chi connectivity index (χ1v) is 4.15. The van der Waals surface area contributed by atoms with Gasteiger partial charge in [-0.2, -0.15) is 0 Å². The zero-order chi connectivity index (χ0) is 9.84. The van der Waals surface area contributed by atoms with Gasteiger partial charge in [0.05, 0.1) is 0 Å². The van der Waals surface area contributed by atoms with Gasteiger partial charge < -0.3 is 10.8 Å². The molecule has 1 atom stereocenters. The highest BCUT2D eigenvalue weighted by atomic mass is 16.3. The van der Waals surface area contributed by atoms with Gasteiger partial charge in [0.15, 0.2) is 0 Å². The molecular weight excluding hydrogens is 166 g/mol. The second kappa shape index (κ2) is 4.05. The van der Waals surface area contributed by atoms with Crippen molar-refractivity contribution in [2.45, 2.75) is 12.8 Å². The van der Waals surface area contributed by atoms with Crippen LogP contribution in [0.25, 0.3) is 0 Å². The molecule has 3 heteroatoms. The average molecular weight is 179 g/mol. The van der Waals surface area contributed by atoms with Crippen molar-refractivity contribution in [1.82, 2.24) is 0 Å². The molecule has 0 unspecified atom stereocenters. The standard InChI is InChI=1S/C10H13NO2/c1-7(6-12)8-3-2-4-9(5-8)10(11)13/h2-5,7,12H,6H2,1H3,(H2,11,13)/t7-/m0/s1. The number of hydrogen-bond acceptors (Lipinski definition) is 2. The van der Waals surface area contributed by atoms with E-state index in [0.29, 0.717) is 5.56 Å². The fraction of sp³-hybridized carbons (Fsp3) is 0.300. The minimum absolute atomic E-state index is 0.0410. The van der Waals surface area contributed by atoms with E-state index in [0.717, 1.165) is 5.56 Å². The van der Waals surface area contributed by atoms with Gasteiger partial charge in [-0.3, -0.25) is 4.79 Å². The number of primary amides is 1. The van der Waals surface area contributed by atoms with Crippen LogP contribution in [0, 0.1) is 0 Å². The van der Waals surface area contributed by atoms with E-state index < -0.39 is 5.91 Å². The number of carbonyl (C=O) groups is 1. The largest absolute Gasteiger partial charge is 0.396 e. The molecule has 1 aromatic rings. The summed E-state index contributed by atoms with van der Waals surface area (Å²) in [5, 5.41) is 8.90. The van der Waals surface area contributed by atoms with Crippen LogP contribution in [0.5, 0.6) is 0 Å². The first-order valence-electron chi connectivity index (χ1n) is 4.15. The molecule has 0 saturated heterocycles. The lowest BCUT2D eigenvalue weighted by Crippen LogP contribution is -2.11. The van der Waals surface area contributed by atoms with E-state index in [1.165, 1.54) is 0 Å². The van der Waals surface area contributed by atoms with E-state index >= 15 is 0 Å². The maximum absolute atomic E-state index is 10.8. The molecule has 3 nitrogen and oxygen atoms in total. The fourth-order valence-corrected chi connectivity index (χ4v) is 1.10. The Bertz CT molecular complexity index is 310. The topological polar surface area (TPSA) is 63.3 Å². The van der Waals surface area contributed by atoms with Gasteiger partial charge in [0.2, 0.25) is 5.91 Å². The van der Waals surface area contributed by atoms with E-state index in [-0.39, 0.29) is 12.5 Å². The van der Waals surface area contributed by atoms with Crippen molar-refractivity contribution in [3.05, 3.63) is 35.4 Å². The Balaban J connectivity index is 2.98. The zero-order valence-electron chi connectivity index (χ0n) is 7.53. The second-order valence-electron chi connectivity index (χ2n) is 3.07. The van der Waals surface area contributed by atoms with Gasteiger partial charge in [0, 0.05) is 18.1 Å². The van der Waals surface area contributed by atoms with E-state index in [4.69, 9.17) is 10.8 Å². The van der Waals surface area contributed by atoms with Crippen LogP contribution in [-0.4, -0.2) is 17.6 Å². The summed E-state index contributed by atoms with van der Waals surface area (Å²) in [5.41, 5.74) is 6.54. The molecule has 0 heterocycles. The number of aliphatic hydroxyl groups excluding tert-OH is 1. The number of benzene rings is 1. The summed E-state index contributed by atoms with van der Waals surface area (Å²) < 4.78 is 0. The highest BCUT2D eigenvalue weighted by Crippen LogP contribution is 2.15. The maximum atomic E-state index is 10.8. The molecule has 0 fully saturated rings. The van der Waals surface area contributed by atoms with Crippen LogP contribution in [0.2, 0.25) is 0 Å². The number of aliphatic hydroxyl groups is 1. The van der Waals surface area contributed by atoms with Crippen molar-refractivity contribution < 1.29 is 9.90 Å². The van der Waals surface area contributed by atoms with Gasteiger partial charge in [0.1, 0.15) is 0 Å². The van der Waals surface area contributed by atoms with Crippen LogP contribution in [0.15, 0.2) is 24.3 Å². The Labute approximate surface area is 77.2 Å². The van der Waals surface area contributed by atoms with Crippen molar-refractivity contribution >= 4 is 5.91 Å². The Hall–Kier alpha value is -1.35. The van der Waals surface area contributed by atoms with E-state index in [1.54, 1.807) is 18.2 Å². The lowest BCUT2D eigenvalue weighted by Gasteiger charge is -2.08. The summed E-state index contributed by atoms with van der Waals surface area (Å²) in [5.74, 6) is -0.397. The number of amides is 1. The third-order valence-electron chi connectivity index (χ3n) is 2.01. The van der Waals surface area contributed by atoms with Gasteiger partial charge in [0.25, 0.3) is 0 Å². The number of nitrogens with two attached hydrogens (primary N) is 1. The molecule has 70 valence electrons. The van der Waals surface area contributed by atoms with Crippen molar-refractivity contribution in [2.75, 3.05) is 6.61 Å². The highest BCUT2D eigenvalue weighted by Gasteiger charge is 2.06. The second-order valence-corrected chi connectivity index (χ2v) is 3.07. The van der Waals surface area contributed by atoms with Crippen LogP contribution in [0.3, 0.4) is 0 Å². The smallest absolute Gasteiger partial charge is 0.248 e. The molecule has 0 aliphatic heterocycles. The Kier molecular flexibility index (Phi) is 3.03. The predicted octanol–water partition coefficient (Wildman–Crippen LogP) is 0.881. The Morgan fingerprint density at radius 1 is 1.62 bits per heavy atom. The first-order chi connectivity index (χ1) is 6.15. The van der Waals surface area contributed by atoms with Crippen LogP contribution in [0.1, 0.15) is 28.8 Å². The van der Waals surface area contributed by atoms with E-state index in [1.807, 2.05) is 13.0 Å². The fourth-order valence-electron chi connectivity index (χ4n) is 1.10. The lowest BCUT2D eigenvalue weighted by atomic mass is 10.00. The molecule has 0 aliphatic rings. The molecule has 0 bridgehead atoms. The third-order valence-corrected chi connectivity index (χ3v) is 2.01. The van der Waals surface area contributed by atoms with Gasteiger partial charge >= 0.3 is 0 Å². The molecule has 0 aliphatic carbocycles.